The monoisotopic (exact) mass is 443 g/mol. The van der Waals surface area contributed by atoms with E-state index in [0.717, 1.165) is 0 Å². The molecule has 4 rings (SSSR count). The van der Waals surface area contributed by atoms with E-state index in [1.807, 2.05) is 0 Å². The third-order valence-electron chi connectivity index (χ3n) is 5.26. The predicted molar refractivity (Wildman–Crippen MR) is 113 cm³/mol. The molecule has 160 valence electrons. The number of nitrogens with one attached hydrogen (secondary N) is 1. The summed E-state index contributed by atoms with van der Waals surface area (Å²) in [5.74, 6) is -2.25. The van der Waals surface area contributed by atoms with E-state index in [-0.39, 0.29) is 28.9 Å². The topological polar surface area (TPSA) is 110 Å². The van der Waals surface area contributed by atoms with Gasteiger partial charge in [-0.3, -0.25) is 19.1 Å². The maximum absolute atomic E-state index is 14.1. The van der Waals surface area contributed by atoms with Crippen molar-refractivity contribution in [3.8, 4) is 0 Å². The maximum Gasteiger partial charge on any atom is 0.269 e. The van der Waals surface area contributed by atoms with Crippen molar-refractivity contribution >= 4 is 45.9 Å². The van der Waals surface area contributed by atoms with Crippen molar-refractivity contribution < 1.29 is 18.8 Å². The van der Waals surface area contributed by atoms with Gasteiger partial charge >= 0.3 is 0 Å². The second-order valence-electron chi connectivity index (χ2n) is 7.22. The van der Waals surface area contributed by atoms with Crippen molar-refractivity contribution in [1.29, 1.82) is 0 Å². The summed E-state index contributed by atoms with van der Waals surface area (Å²) in [6, 6.07) is 10.5. The highest BCUT2D eigenvalue weighted by Gasteiger charge is 2.35. The van der Waals surface area contributed by atoms with Crippen molar-refractivity contribution in [3.05, 3.63) is 59.0 Å². The molecule has 3 amide bonds. The normalized spacial score (nSPS) is 15.9. The van der Waals surface area contributed by atoms with Crippen LogP contribution in [0.15, 0.2) is 42.5 Å². The van der Waals surface area contributed by atoms with Crippen LogP contribution in [0.1, 0.15) is 23.3 Å². The third-order valence-corrected chi connectivity index (χ3v) is 5.55. The van der Waals surface area contributed by atoms with Crippen molar-refractivity contribution in [2.45, 2.75) is 25.4 Å². The number of hydrogen-bond acceptors (Lipinski definition) is 4. The molecule has 8 nitrogen and oxygen atoms in total. The molecule has 31 heavy (non-hydrogen) atoms. The summed E-state index contributed by atoms with van der Waals surface area (Å²) in [4.78, 5) is 38.9. The first-order valence-electron chi connectivity index (χ1n) is 9.66. The summed E-state index contributed by atoms with van der Waals surface area (Å²) < 4.78 is 15.5. The third kappa shape index (κ3) is 3.96. The molecule has 1 aliphatic rings. The van der Waals surface area contributed by atoms with Crippen LogP contribution in [0.5, 0.6) is 0 Å². The van der Waals surface area contributed by atoms with Crippen LogP contribution in [-0.2, 0) is 16.1 Å². The van der Waals surface area contributed by atoms with Crippen molar-refractivity contribution in [3.63, 3.8) is 0 Å². The van der Waals surface area contributed by atoms with Crippen LogP contribution >= 0.6 is 11.6 Å². The van der Waals surface area contributed by atoms with Crippen molar-refractivity contribution in [1.82, 2.24) is 14.7 Å². The Bertz CT molecular complexity index is 1190. The van der Waals surface area contributed by atoms with E-state index in [1.54, 1.807) is 24.3 Å². The molecule has 1 aromatic heterocycles. The number of nitrogens with zero attached hydrogens (tertiary/aromatic N) is 3. The predicted octanol–water partition coefficient (Wildman–Crippen LogP) is 2.56. The maximum atomic E-state index is 14.1. The molecule has 1 saturated heterocycles. The zero-order valence-corrected chi connectivity index (χ0v) is 17.1. The molecule has 2 aromatic carbocycles. The minimum atomic E-state index is -0.747. The summed E-state index contributed by atoms with van der Waals surface area (Å²) in [6.45, 7) is 0.222. The molecule has 1 atom stereocenters. The highest BCUT2D eigenvalue weighted by atomic mass is 35.5. The van der Waals surface area contributed by atoms with E-state index in [0.29, 0.717) is 30.3 Å². The van der Waals surface area contributed by atoms with E-state index in [4.69, 9.17) is 17.3 Å². The average molecular weight is 444 g/mol. The first kappa shape index (κ1) is 20.8. The first-order valence-corrected chi connectivity index (χ1v) is 10.0. The number of carbonyl (C=O) groups is 3. The summed E-state index contributed by atoms with van der Waals surface area (Å²) in [6.07, 6.45) is 1.08. The lowest BCUT2D eigenvalue weighted by atomic mass is 10.2. The Balaban J connectivity index is 1.53. The van der Waals surface area contributed by atoms with Gasteiger partial charge < -0.3 is 16.0 Å². The van der Waals surface area contributed by atoms with Gasteiger partial charge in [-0.25, -0.2) is 4.39 Å². The van der Waals surface area contributed by atoms with Crippen LogP contribution < -0.4 is 11.1 Å². The highest BCUT2D eigenvalue weighted by molar-refractivity contribution is 6.31. The minimum absolute atomic E-state index is 0.0408. The largest absolute Gasteiger partial charge is 0.364 e. The SMILES string of the molecule is NC(=O)c1nn(CC(=O)N2CCC[C@H]2C(=O)Nc2cccc(Cl)c2F)c2ccccc12. The number of benzene rings is 2. The molecular formula is C21H19ClFN5O3. The Morgan fingerprint density at radius 1 is 1.19 bits per heavy atom. The molecule has 0 saturated carbocycles. The van der Waals surface area contributed by atoms with Gasteiger partial charge in [0.2, 0.25) is 11.8 Å². The number of likely N-dealkylation sites (tertiary alicyclic amines) is 1. The Kier molecular flexibility index (Phi) is 5.60. The number of primary amides is 1. The summed E-state index contributed by atoms with van der Waals surface area (Å²) in [5.41, 5.74) is 6.03. The zero-order valence-electron chi connectivity index (χ0n) is 16.3. The smallest absolute Gasteiger partial charge is 0.269 e. The van der Waals surface area contributed by atoms with E-state index in [2.05, 4.69) is 10.4 Å². The average Bonchev–Trinajstić information content (AvgIpc) is 3.37. The number of rotatable bonds is 5. The lowest BCUT2D eigenvalue weighted by Gasteiger charge is -2.24. The molecular weight excluding hydrogens is 425 g/mol. The van der Waals surface area contributed by atoms with E-state index in [1.165, 1.54) is 27.8 Å². The van der Waals surface area contributed by atoms with Gasteiger partial charge in [0.25, 0.3) is 5.91 Å². The summed E-state index contributed by atoms with van der Waals surface area (Å²) in [7, 11) is 0. The van der Waals surface area contributed by atoms with Gasteiger partial charge in [0, 0.05) is 11.9 Å². The number of fused-ring (bicyclic) bond motifs is 1. The molecule has 0 spiro atoms. The standard InChI is InChI=1S/C21H19ClFN5O3/c22-13-6-3-7-14(18(13)23)25-21(31)16-9-4-10-27(16)17(29)11-28-15-8-2-1-5-12(15)19(26-28)20(24)30/h1-3,5-8,16H,4,9-11H2,(H2,24,30)(H,25,31)/t16-/m0/s1. The molecule has 3 N–H and O–H groups in total. The van der Waals surface area contributed by atoms with E-state index < -0.39 is 23.7 Å². The molecule has 0 radical (unpaired) electrons. The second kappa shape index (κ2) is 8.35. The Hall–Kier alpha value is -3.46. The number of carbonyl (C=O) groups excluding carboxylic acids is 3. The number of amides is 3. The lowest BCUT2D eigenvalue weighted by molar-refractivity contribution is -0.137. The van der Waals surface area contributed by atoms with Gasteiger partial charge in [0.05, 0.1) is 16.2 Å². The van der Waals surface area contributed by atoms with Crippen LogP contribution in [-0.4, -0.2) is 45.0 Å². The number of halogens is 2. The molecule has 0 unspecified atom stereocenters. The van der Waals surface area contributed by atoms with Crippen LogP contribution in [0.3, 0.4) is 0 Å². The highest BCUT2D eigenvalue weighted by Crippen LogP contribution is 2.25. The zero-order chi connectivity index (χ0) is 22.1. The second-order valence-corrected chi connectivity index (χ2v) is 7.63. The molecule has 0 bridgehead atoms. The molecule has 1 aliphatic heterocycles. The summed E-state index contributed by atoms with van der Waals surface area (Å²) >= 11 is 5.76. The fraction of sp³-hybridized carbons (Fsp3) is 0.238. The first-order chi connectivity index (χ1) is 14.9. The summed E-state index contributed by atoms with van der Waals surface area (Å²) in [5, 5.41) is 7.15. The van der Waals surface area contributed by atoms with Crippen LogP contribution in [0, 0.1) is 5.82 Å². The number of aromatic nitrogens is 2. The van der Waals surface area contributed by atoms with Gasteiger partial charge in [-0.2, -0.15) is 5.10 Å². The fourth-order valence-electron chi connectivity index (χ4n) is 3.80. The van der Waals surface area contributed by atoms with Gasteiger partial charge in [-0.1, -0.05) is 35.9 Å². The number of anilines is 1. The fourth-order valence-corrected chi connectivity index (χ4v) is 3.98. The Morgan fingerprint density at radius 2 is 1.97 bits per heavy atom. The van der Waals surface area contributed by atoms with Crippen LogP contribution in [0.25, 0.3) is 10.9 Å². The van der Waals surface area contributed by atoms with Crippen LogP contribution in [0.4, 0.5) is 10.1 Å². The van der Waals surface area contributed by atoms with Gasteiger partial charge in [-0.15, -0.1) is 0 Å². The van der Waals surface area contributed by atoms with Gasteiger partial charge in [-0.05, 0) is 31.0 Å². The lowest BCUT2D eigenvalue weighted by Crippen LogP contribution is -2.44. The molecule has 1 fully saturated rings. The molecule has 2 heterocycles. The number of para-hydroxylation sites is 1. The van der Waals surface area contributed by atoms with Crippen LogP contribution in [0.2, 0.25) is 5.02 Å². The minimum Gasteiger partial charge on any atom is -0.364 e. The van der Waals surface area contributed by atoms with Gasteiger partial charge in [0.1, 0.15) is 12.6 Å². The Morgan fingerprint density at radius 3 is 2.74 bits per heavy atom. The van der Waals surface area contributed by atoms with Gasteiger partial charge in [0.15, 0.2) is 11.5 Å². The quantitative estimate of drug-likeness (QED) is 0.631. The van der Waals surface area contributed by atoms with Crippen molar-refractivity contribution in [2.24, 2.45) is 5.73 Å². The molecule has 3 aromatic rings. The van der Waals surface area contributed by atoms with E-state index in [9.17, 15) is 18.8 Å². The van der Waals surface area contributed by atoms with E-state index >= 15 is 0 Å². The molecule has 10 heteroatoms. The Labute approximate surface area is 181 Å². The number of hydrogen-bond donors (Lipinski definition) is 2. The molecule has 0 aliphatic carbocycles. The number of nitrogens with two attached hydrogens (primary N) is 1. The van der Waals surface area contributed by atoms with Crippen molar-refractivity contribution in [2.75, 3.05) is 11.9 Å².